The molecular weight excluding hydrogens is 243 g/mol. The zero-order chi connectivity index (χ0) is 13.7. The van der Waals surface area contributed by atoms with Crippen LogP contribution in [0.2, 0.25) is 0 Å². The number of nitrogens with one attached hydrogen (secondary N) is 1. The summed E-state index contributed by atoms with van der Waals surface area (Å²) in [6, 6.07) is 0. The lowest BCUT2D eigenvalue weighted by Crippen LogP contribution is -2.62. The smallest absolute Gasteiger partial charge is 0.422 e. The number of carbonyl (C=O) groups excluding carboxylic acids is 1. The van der Waals surface area contributed by atoms with Gasteiger partial charge in [-0.25, -0.2) is 4.79 Å². The molecule has 0 saturated carbocycles. The average Bonchev–Trinajstić information content (AvgIpc) is 2.15. The molecule has 0 spiro atoms. The van der Waals surface area contributed by atoms with E-state index in [1.807, 2.05) is 0 Å². The number of alkyl halides is 3. The molecule has 8 heteroatoms. The highest BCUT2D eigenvalue weighted by molar-refractivity contribution is 5.88. The lowest BCUT2D eigenvalue weighted by Gasteiger charge is -2.28. The molecule has 17 heavy (non-hydrogen) atoms. The molecule has 1 atom stereocenters. The van der Waals surface area contributed by atoms with E-state index in [9.17, 15) is 22.8 Å². The Labute approximate surface area is 95.9 Å². The SMILES string of the molecule is CCCOCC(=O)NC(C)(C(=O)O)C(F)(F)F. The van der Waals surface area contributed by atoms with E-state index in [1.54, 1.807) is 6.92 Å². The summed E-state index contributed by atoms with van der Waals surface area (Å²) in [4.78, 5) is 21.6. The molecule has 0 aliphatic rings. The minimum atomic E-state index is -5.08. The number of hydrogen-bond acceptors (Lipinski definition) is 3. The van der Waals surface area contributed by atoms with Gasteiger partial charge in [0.25, 0.3) is 0 Å². The number of amides is 1. The van der Waals surface area contributed by atoms with Gasteiger partial charge >= 0.3 is 12.1 Å². The van der Waals surface area contributed by atoms with Gasteiger partial charge in [-0.15, -0.1) is 0 Å². The summed E-state index contributed by atoms with van der Waals surface area (Å²) in [5, 5.41) is 9.92. The summed E-state index contributed by atoms with van der Waals surface area (Å²) >= 11 is 0. The van der Waals surface area contributed by atoms with Crippen molar-refractivity contribution in [3.63, 3.8) is 0 Å². The fraction of sp³-hybridized carbons (Fsp3) is 0.778. The van der Waals surface area contributed by atoms with E-state index >= 15 is 0 Å². The summed E-state index contributed by atoms with van der Waals surface area (Å²) < 4.78 is 42.1. The maximum absolute atomic E-state index is 12.5. The van der Waals surface area contributed by atoms with Gasteiger partial charge in [0.05, 0.1) is 0 Å². The van der Waals surface area contributed by atoms with Crippen molar-refractivity contribution in [1.82, 2.24) is 5.32 Å². The van der Waals surface area contributed by atoms with E-state index in [0.29, 0.717) is 13.3 Å². The number of hydrogen-bond donors (Lipinski definition) is 2. The Bertz CT molecular complexity index is 292. The molecule has 0 aliphatic heterocycles. The van der Waals surface area contributed by atoms with Gasteiger partial charge in [0.2, 0.25) is 11.4 Å². The molecule has 0 rings (SSSR count). The van der Waals surface area contributed by atoms with Crippen LogP contribution in [0.1, 0.15) is 20.3 Å². The van der Waals surface area contributed by atoms with Crippen LogP contribution < -0.4 is 5.32 Å². The van der Waals surface area contributed by atoms with Gasteiger partial charge in [0, 0.05) is 6.61 Å². The lowest BCUT2D eigenvalue weighted by atomic mass is 10.0. The Hall–Kier alpha value is -1.31. The molecule has 5 nitrogen and oxygen atoms in total. The topological polar surface area (TPSA) is 75.6 Å². The number of carboxylic acids is 1. The van der Waals surface area contributed by atoms with Crippen molar-refractivity contribution in [3.8, 4) is 0 Å². The highest BCUT2D eigenvalue weighted by Gasteiger charge is 2.58. The maximum atomic E-state index is 12.5. The molecule has 1 unspecified atom stereocenters. The van der Waals surface area contributed by atoms with Crippen molar-refractivity contribution in [2.45, 2.75) is 32.0 Å². The Balaban J connectivity index is 4.58. The molecule has 0 heterocycles. The van der Waals surface area contributed by atoms with Crippen LogP contribution in [0.25, 0.3) is 0 Å². The number of carbonyl (C=O) groups is 2. The summed E-state index contributed by atoms with van der Waals surface area (Å²) in [7, 11) is 0. The predicted molar refractivity (Wildman–Crippen MR) is 51.3 cm³/mol. The first-order chi connectivity index (χ1) is 7.65. The van der Waals surface area contributed by atoms with Crippen molar-refractivity contribution >= 4 is 11.9 Å². The Morgan fingerprint density at radius 1 is 1.35 bits per heavy atom. The van der Waals surface area contributed by atoms with Crippen molar-refractivity contribution < 1.29 is 32.6 Å². The highest BCUT2D eigenvalue weighted by Crippen LogP contribution is 2.30. The van der Waals surface area contributed by atoms with Crippen LogP contribution in [-0.4, -0.2) is 41.9 Å². The number of halogens is 3. The third-order valence-corrected chi connectivity index (χ3v) is 1.97. The van der Waals surface area contributed by atoms with Gasteiger partial charge in [-0.3, -0.25) is 4.79 Å². The van der Waals surface area contributed by atoms with Crippen LogP contribution in [0.15, 0.2) is 0 Å². The van der Waals surface area contributed by atoms with Crippen LogP contribution in [0.3, 0.4) is 0 Å². The number of carboxylic acid groups (broad SMARTS) is 1. The van der Waals surface area contributed by atoms with Crippen molar-refractivity contribution in [2.75, 3.05) is 13.2 Å². The van der Waals surface area contributed by atoms with Gasteiger partial charge in [-0.2, -0.15) is 13.2 Å². The summed E-state index contributed by atoms with van der Waals surface area (Å²) in [5.41, 5.74) is -3.31. The summed E-state index contributed by atoms with van der Waals surface area (Å²) in [6.07, 6.45) is -4.48. The van der Waals surface area contributed by atoms with Crippen LogP contribution in [-0.2, 0) is 14.3 Å². The second-order valence-corrected chi connectivity index (χ2v) is 3.53. The molecule has 0 aromatic carbocycles. The molecule has 0 aromatic rings. The maximum Gasteiger partial charge on any atom is 0.422 e. The Morgan fingerprint density at radius 3 is 2.24 bits per heavy atom. The molecule has 0 saturated heterocycles. The fourth-order valence-electron chi connectivity index (χ4n) is 0.870. The summed E-state index contributed by atoms with van der Waals surface area (Å²) in [6.45, 7) is 1.75. The monoisotopic (exact) mass is 257 g/mol. The Kier molecular flexibility index (Phi) is 5.40. The Morgan fingerprint density at radius 2 is 1.88 bits per heavy atom. The van der Waals surface area contributed by atoms with Crippen LogP contribution in [0, 0.1) is 0 Å². The normalized spacial score (nSPS) is 15.1. The van der Waals surface area contributed by atoms with Crippen molar-refractivity contribution in [1.29, 1.82) is 0 Å². The molecule has 2 N–H and O–H groups in total. The van der Waals surface area contributed by atoms with Gasteiger partial charge in [0.1, 0.15) is 6.61 Å². The first kappa shape index (κ1) is 15.7. The molecule has 0 bridgehead atoms. The minimum absolute atomic E-state index is 0.212. The van der Waals surface area contributed by atoms with E-state index in [1.165, 1.54) is 5.32 Å². The van der Waals surface area contributed by atoms with Gasteiger partial charge in [0.15, 0.2) is 0 Å². The first-order valence-electron chi connectivity index (χ1n) is 4.84. The highest BCUT2D eigenvalue weighted by atomic mass is 19.4. The zero-order valence-corrected chi connectivity index (χ0v) is 9.43. The van der Waals surface area contributed by atoms with Crippen LogP contribution in [0.4, 0.5) is 13.2 Å². The van der Waals surface area contributed by atoms with Gasteiger partial charge in [-0.1, -0.05) is 6.92 Å². The van der Waals surface area contributed by atoms with E-state index in [2.05, 4.69) is 0 Å². The number of rotatable bonds is 6. The molecule has 0 aliphatic carbocycles. The van der Waals surface area contributed by atoms with Gasteiger partial charge in [-0.05, 0) is 13.3 Å². The van der Waals surface area contributed by atoms with E-state index in [0.717, 1.165) is 0 Å². The minimum Gasteiger partial charge on any atom is -0.479 e. The number of aliphatic carboxylic acids is 1. The lowest BCUT2D eigenvalue weighted by molar-refractivity contribution is -0.207. The van der Waals surface area contributed by atoms with Crippen molar-refractivity contribution in [2.24, 2.45) is 0 Å². The molecule has 0 fully saturated rings. The first-order valence-corrected chi connectivity index (χ1v) is 4.84. The third-order valence-electron chi connectivity index (χ3n) is 1.97. The second kappa shape index (κ2) is 5.85. The summed E-state index contributed by atoms with van der Waals surface area (Å²) in [5.74, 6) is -3.30. The standard InChI is InChI=1S/C9H14F3NO4/c1-3-4-17-5-6(14)13-8(2,7(15)16)9(10,11)12/h3-5H2,1-2H3,(H,13,14)(H,15,16). The van der Waals surface area contributed by atoms with Crippen LogP contribution >= 0.6 is 0 Å². The molecule has 0 aromatic heterocycles. The quantitative estimate of drug-likeness (QED) is 0.694. The van der Waals surface area contributed by atoms with E-state index in [-0.39, 0.29) is 6.61 Å². The van der Waals surface area contributed by atoms with Crippen molar-refractivity contribution in [3.05, 3.63) is 0 Å². The molecular formula is C9H14F3NO4. The van der Waals surface area contributed by atoms with Gasteiger partial charge < -0.3 is 15.2 Å². The molecule has 1 amide bonds. The largest absolute Gasteiger partial charge is 0.479 e. The average molecular weight is 257 g/mol. The third kappa shape index (κ3) is 4.22. The predicted octanol–water partition coefficient (Wildman–Crippen LogP) is 0.935. The van der Waals surface area contributed by atoms with E-state index in [4.69, 9.17) is 9.84 Å². The molecule has 100 valence electrons. The molecule has 0 radical (unpaired) electrons. The van der Waals surface area contributed by atoms with Crippen LogP contribution in [0.5, 0.6) is 0 Å². The van der Waals surface area contributed by atoms with E-state index < -0.39 is 30.2 Å². The zero-order valence-electron chi connectivity index (χ0n) is 9.43. The second-order valence-electron chi connectivity index (χ2n) is 3.53. The number of ether oxygens (including phenoxy) is 1. The fourth-order valence-corrected chi connectivity index (χ4v) is 0.870.